The summed E-state index contributed by atoms with van der Waals surface area (Å²) in [5.41, 5.74) is 3.00. The number of nitrogens with zero attached hydrogens (tertiary/aromatic N) is 2. The fourth-order valence-electron chi connectivity index (χ4n) is 3.23. The molecule has 0 saturated carbocycles. The van der Waals surface area contributed by atoms with Crippen LogP contribution in [0.1, 0.15) is 91.6 Å². The Balaban J connectivity index is 1.92. The minimum absolute atomic E-state index is 0.217. The maximum Gasteiger partial charge on any atom is 0.359 e. The van der Waals surface area contributed by atoms with Gasteiger partial charge >= 0.3 is 5.97 Å². The lowest BCUT2D eigenvalue weighted by molar-refractivity contribution is 0.0492. The summed E-state index contributed by atoms with van der Waals surface area (Å²) in [6.45, 7) is 8.02. The molecule has 0 N–H and O–H groups in total. The molecule has 0 aliphatic heterocycles. The van der Waals surface area contributed by atoms with Crippen molar-refractivity contribution in [2.45, 2.75) is 79.1 Å². The van der Waals surface area contributed by atoms with Crippen LogP contribution in [0.5, 0.6) is 0 Å². The first-order valence-electron chi connectivity index (χ1n) is 10.1. The van der Waals surface area contributed by atoms with Gasteiger partial charge in [0.2, 0.25) is 5.91 Å². The summed E-state index contributed by atoms with van der Waals surface area (Å²) in [7, 11) is 0. The quantitative estimate of drug-likeness (QED) is 0.402. The summed E-state index contributed by atoms with van der Waals surface area (Å²) >= 11 is 0. The molecule has 5 nitrogen and oxygen atoms in total. The van der Waals surface area contributed by atoms with E-state index in [4.69, 9.17) is 4.74 Å². The molecule has 0 amide bonds. The summed E-state index contributed by atoms with van der Waals surface area (Å²) in [5.74, 6) is -0.670. The first-order valence-corrected chi connectivity index (χ1v) is 10.1. The molecule has 0 bridgehead atoms. The SMILES string of the molecule is CCCCCCCCCCOC(=O)c1nn(C(C)=O)c2cc(C)c(C)cc12. The van der Waals surface area contributed by atoms with Gasteiger partial charge in [0.25, 0.3) is 0 Å². The predicted molar refractivity (Wildman–Crippen MR) is 108 cm³/mol. The number of aromatic nitrogens is 2. The van der Waals surface area contributed by atoms with Crippen LogP contribution in [0.4, 0.5) is 0 Å². The molecular weight excluding hydrogens is 340 g/mol. The van der Waals surface area contributed by atoms with Crippen LogP contribution in [-0.4, -0.2) is 28.3 Å². The van der Waals surface area contributed by atoms with Crippen LogP contribution >= 0.6 is 0 Å². The third-order valence-corrected chi connectivity index (χ3v) is 5.02. The Bertz CT molecular complexity index is 792. The monoisotopic (exact) mass is 372 g/mol. The van der Waals surface area contributed by atoms with E-state index >= 15 is 0 Å². The van der Waals surface area contributed by atoms with Crippen molar-refractivity contribution in [2.75, 3.05) is 6.61 Å². The van der Waals surface area contributed by atoms with E-state index in [0.29, 0.717) is 17.5 Å². The second kappa shape index (κ2) is 10.2. The van der Waals surface area contributed by atoms with Crippen molar-refractivity contribution in [1.82, 2.24) is 9.78 Å². The first-order chi connectivity index (χ1) is 13.0. The summed E-state index contributed by atoms with van der Waals surface area (Å²) in [6, 6.07) is 3.80. The molecule has 0 atom stereocenters. The van der Waals surface area contributed by atoms with Gasteiger partial charge in [-0.15, -0.1) is 0 Å². The molecule has 5 heteroatoms. The number of esters is 1. The second-order valence-corrected chi connectivity index (χ2v) is 7.34. The van der Waals surface area contributed by atoms with Gasteiger partial charge in [-0.25, -0.2) is 4.79 Å². The molecule has 27 heavy (non-hydrogen) atoms. The number of carbonyl (C=O) groups is 2. The molecule has 0 saturated heterocycles. The molecule has 0 unspecified atom stereocenters. The van der Waals surface area contributed by atoms with Gasteiger partial charge in [0.05, 0.1) is 12.1 Å². The minimum atomic E-state index is -0.453. The zero-order valence-electron chi connectivity index (χ0n) is 17.1. The van der Waals surface area contributed by atoms with E-state index in [1.54, 1.807) is 0 Å². The van der Waals surface area contributed by atoms with Crippen molar-refractivity contribution in [3.05, 3.63) is 29.0 Å². The molecule has 0 fully saturated rings. The van der Waals surface area contributed by atoms with Gasteiger partial charge in [0.1, 0.15) is 0 Å². The number of aryl methyl sites for hydroxylation is 2. The molecule has 2 rings (SSSR count). The number of carbonyl (C=O) groups excluding carboxylic acids is 2. The smallest absolute Gasteiger partial charge is 0.359 e. The lowest BCUT2D eigenvalue weighted by atomic mass is 10.1. The molecule has 2 aromatic rings. The largest absolute Gasteiger partial charge is 0.461 e. The number of benzene rings is 1. The molecule has 0 aliphatic rings. The highest BCUT2D eigenvalue weighted by Gasteiger charge is 2.20. The number of hydrogen-bond donors (Lipinski definition) is 0. The van der Waals surface area contributed by atoms with Crippen LogP contribution in [-0.2, 0) is 4.74 Å². The Morgan fingerprint density at radius 2 is 1.56 bits per heavy atom. The Kier molecular flexibility index (Phi) is 8.01. The Morgan fingerprint density at radius 3 is 2.19 bits per heavy atom. The lowest BCUT2D eigenvalue weighted by Crippen LogP contribution is -2.11. The van der Waals surface area contributed by atoms with Crippen LogP contribution in [0.15, 0.2) is 12.1 Å². The Morgan fingerprint density at radius 1 is 0.963 bits per heavy atom. The average molecular weight is 373 g/mol. The van der Waals surface area contributed by atoms with Crippen molar-refractivity contribution in [1.29, 1.82) is 0 Å². The summed E-state index contributed by atoms with van der Waals surface area (Å²) < 4.78 is 6.70. The summed E-state index contributed by atoms with van der Waals surface area (Å²) in [4.78, 5) is 24.4. The van der Waals surface area contributed by atoms with Gasteiger partial charge in [-0.1, -0.05) is 51.9 Å². The highest BCUT2D eigenvalue weighted by molar-refractivity contribution is 6.05. The molecule has 0 spiro atoms. The Hall–Kier alpha value is -2.17. The van der Waals surface area contributed by atoms with Crippen molar-refractivity contribution < 1.29 is 14.3 Å². The van der Waals surface area contributed by atoms with Gasteiger partial charge in [-0.3, -0.25) is 4.79 Å². The van der Waals surface area contributed by atoms with E-state index in [0.717, 1.165) is 24.0 Å². The van der Waals surface area contributed by atoms with E-state index in [2.05, 4.69) is 12.0 Å². The molecular formula is C22H32N2O3. The molecule has 1 heterocycles. The second-order valence-electron chi connectivity index (χ2n) is 7.34. The van der Waals surface area contributed by atoms with Crippen molar-refractivity contribution in [2.24, 2.45) is 0 Å². The number of ether oxygens (including phenoxy) is 1. The van der Waals surface area contributed by atoms with Crippen molar-refractivity contribution in [3.63, 3.8) is 0 Å². The Labute approximate surface area is 162 Å². The lowest BCUT2D eigenvalue weighted by Gasteiger charge is -2.04. The van der Waals surface area contributed by atoms with Crippen molar-refractivity contribution in [3.8, 4) is 0 Å². The van der Waals surface area contributed by atoms with Crippen LogP contribution in [0.25, 0.3) is 10.9 Å². The van der Waals surface area contributed by atoms with Gasteiger partial charge < -0.3 is 4.74 Å². The third-order valence-electron chi connectivity index (χ3n) is 5.02. The fourth-order valence-corrected chi connectivity index (χ4v) is 3.23. The van der Waals surface area contributed by atoms with Crippen molar-refractivity contribution >= 4 is 22.8 Å². The van der Waals surface area contributed by atoms with E-state index in [1.807, 2.05) is 26.0 Å². The van der Waals surface area contributed by atoms with Crippen LogP contribution < -0.4 is 0 Å². The standard InChI is InChI=1S/C22H32N2O3/c1-5-6-7-8-9-10-11-12-13-27-22(26)21-19-14-16(2)17(3)15-20(19)24(23-21)18(4)25/h14-15H,5-13H2,1-4H3. The van der Waals surface area contributed by atoms with Crippen LogP contribution in [0.3, 0.4) is 0 Å². The predicted octanol–water partition coefficient (Wildman–Crippen LogP) is 5.61. The van der Waals surface area contributed by atoms with Crippen LogP contribution in [0, 0.1) is 13.8 Å². The van der Waals surface area contributed by atoms with E-state index in [-0.39, 0.29) is 11.6 Å². The highest BCUT2D eigenvalue weighted by atomic mass is 16.5. The van der Waals surface area contributed by atoms with Gasteiger partial charge in [-0.2, -0.15) is 9.78 Å². The van der Waals surface area contributed by atoms with Gasteiger partial charge in [-0.05, 0) is 43.5 Å². The maximum atomic E-state index is 12.5. The minimum Gasteiger partial charge on any atom is -0.461 e. The molecule has 1 aromatic carbocycles. The highest BCUT2D eigenvalue weighted by Crippen LogP contribution is 2.23. The molecule has 0 radical (unpaired) electrons. The van der Waals surface area contributed by atoms with Gasteiger partial charge in [0.15, 0.2) is 5.69 Å². The maximum absolute atomic E-state index is 12.5. The molecule has 1 aromatic heterocycles. The zero-order valence-corrected chi connectivity index (χ0v) is 17.1. The average Bonchev–Trinajstić information content (AvgIpc) is 2.99. The number of rotatable bonds is 10. The van der Waals surface area contributed by atoms with E-state index in [9.17, 15) is 9.59 Å². The zero-order chi connectivity index (χ0) is 19.8. The fraction of sp³-hybridized carbons (Fsp3) is 0.591. The molecule has 0 aliphatic carbocycles. The van der Waals surface area contributed by atoms with E-state index < -0.39 is 5.97 Å². The third kappa shape index (κ3) is 5.65. The number of unbranched alkanes of at least 4 members (excludes halogenated alkanes) is 7. The summed E-state index contributed by atoms with van der Waals surface area (Å²) in [5, 5.41) is 4.90. The van der Waals surface area contributed by atoms with E-state index in [1.165, 1.54) is 50.1 Å². The molecule has 148 valence electrons. The van der Waals surface area contributed by atoms with Gasteiger partial charge in [0, 0.05) is 12.3 Å². The number of hydrogen-bond acceptors (Lipinski definition) is 4. The number of fused-ring (bicyclic) bond motifs is 1. The van der Waals surface area contributed by atoms with Crippen LogP contribution in [0.2, 0.25) is 0 Å². The topological polar surface area (TPSA) is 61.2 Å². The normalized spacial score (nSPS) is 11.1. The first kappa shape index (κ1) is 21.1. The summed E-state index contributed by atoms with van der Waals surface area (Å²) in [6.07, 6.45) is 9.56.